The molecule has 0 heterocycles. The van der Waals surface area contributed by atoms with Crippen molar-refractivity contribution in [1.29, 1.82) is 0 Å². The second-order valence-electron chi connectivity index (χ2n) is 4.15. The number of anilines is 2. The third kappa shape index (κ3) is 6.09. The Balaban J connectivity index is 2.80. The highest BCUT2D eigenvalue weighted by Gasteiger charge is 2.07. The first-order valence-corrected chi connectivity index (χ1v) is 6.61. The van der Waals surface area contributed by atoms with Crippen molar-refractivity contribution in [3.63, 3.8) is 0 Å². The fraction of sp³-hybridized carbons (Fsp3) is 0.214. The number of carbonyl (C=O) groups excluding carboxylic acids is 2. The fourth-order valence-electron chi connectivity index (χ4n) is 1.47. The van der Waals surface area contributed by atoms with Gasteiger partial charge < -0.3 is 15.7 Å². The molecule has 112 valence electrons. The van der Waals surface area contributed by atoms with E-state index in [2.05, 4.69) is 10.6 Å². The molecule has 0 saturated heterocycles. The molecule has 0 saturated carbocycles. The molecule has 1 aromatic carbocycles. The van der Waals surface area contributed by atoms with E-state index in [1.807, 2.05) is 6.92 Å². The van der Waals surface area contributed by atoms with E-state index in [-0.39, 0.29) is 16.6 Å². The number of carboxylic acids is 1. The smallest absolute Gasteiger partial charge is 0.328 e. The Kier molecular flexibility index (Phi) is 6.42. The average Bonchev–Trinajstić information content (AvgIpc) is 2.40. The van der Waals surface area contributed by atoms with Gasteiger partial charge in [0.05, 0.1) is 10.7 Å². The van der Waals surface area contributed by atoms with Crippen molar-refractivity contribution in [2.24, 2.45) is 0 Å². The first kappa shape index (κ1) is 16.7. The van der Waals surface area contributed by atoms with Gasteiger partial charge in [-0.15, -0.1) is 0 Å². The number of carbonyl (C=O) groups is 3. The van der Waals surface area contributed by atoms with Gasteiger partial charge in [0.15, 0.2) is 0 Å². The molecule has 6 nitrogen and oxygen atoms in total. The first-order valence-electron chi connectivity index (χ1n) is 6.23. The largest absolute Gasteiger partial charge is 0.478 e. The molecule has 0 aliphatic rings. The van der Waals surface area contributed by atoms with Crippen LogP contribution in [0.1, 0.15) is 19.8 Å². The zero-order valence-corrected chi connectivity index (χ0v) is 12.1. The van der Waals surface area contributed by atoms with E-state index in [1.165, 1.54) is 12.1 Å². The molecule has 1 rings (SSSR count). The van der Waals surface area contributed by atoms with Crippen molar-refractivity contribution in [2.75, 3.05) is 10.6 Å². The Hall–Kier alpha value is -2.34. The van der Waals surface area contributed by atoms with Gasteiger partial charge in [0, 0.05) is 24.3 Å². The predicted molar refractivity (Wildman–Crippen MR) is 80.4 cm³/mol. The summed E-state index contributed by atoms with van der Waals surface area (Å²) in [6.45, 7) is 1.89. The van der Waals surface area contributed by atoms with E-state index in [0.29, 0.717) is 12.1 Å². The lowest BCUT2D eigenvalue weighted by Gasteiger charge is -2.09. The molecule has 0 atom stereocenters. The van der Waals surface area contributed by atoms with Crippen molar-refractivity contribution in [2.45, 2.75) is 19.8 Å². The third-order valence-corrected chi connectivity index (χ3v) is 2.69. The van der Waals surface area contributed by atoms with E-state index < -0.39 is 11.9 Å². The lowest BCUT2D eigenvalue weighted by atomic mass is 10.2. The molecule has 0 unspecified atom stereocenters. The topological polar surface area (TPSA) is 95.5 Å². The standard InChI is InChI=1S/C14H15ClN2O4/c1-2-3-12(18)16-9-4-5-10(15)11(8-9)17-13(19)6-7-14(20)21/h4-8H,2-3H2,1H3,(H,16,18)(H,17,19)(H,20,21). The van der Waals surface area contributed by atoms with Crippen LogP contribution in [0, 0.1) is 0 Å². The number of aliphatic carboxylic acids is 1. The molecule has 0 bridgehead atoms. The number of benzene rings is 1. The highest BCUT2D eigenvalue weighted by Crippen LogP contribution is 2.25. The van der Waals surface area contributed by atoms with Crippen LogP contribution in [0.4, 0.5) is 11.4 Å². The number of amides is 2. The molecule has 7 heteroatoms. The fourth-order valence-corrected chi connectivity index (χ4v) is 1.64. The van der Waals surface area contributed by atoms with Gasteiger partial charge in [0.2, 0.25) is 11.8 Å². The van der Waals surface area contributed by atoms with Crippen LogP contribution >= 0.6 is 11.6 Å². The normalized spacial score (nSPS) is 10.4. The summed E-state index contributed by atoms with van der Waals surface area (Å²) in [5.41, 5.74) is 0.779. The van der Waals surface area contributed by atoms with Gasteiger partial charge in [0.1, 0.15) is 0 Å². The number of hydrogen-bond donors (Lipinski definition) is 3. The Morgan fingerprint density at radius 1 is 1.24 bits per heavy atom. The number of hydrogen-bond acceptors (Lipinski definition) is 3. The van der Waals surface area contributed by atoms with Crippen LogP contribution < -0.4 is 10.6 Å². The minimum Gasteiger partial charge on any atom is -0.478 e. The van der Waals surface area contributed by atoms with Crippen LogP contribution in [-0.4, -0.2) is 22.9 Å². The molecule has 0 radical (unpaired) electrons. The van der Waals surface area contributed by atoms with Gasteiger partial charge in [-0.25, -0.2) is 4.79 Å². The van der Waals surface area contributed by atoms with Crippen LogP contribution in [0.2, 0.25) is 5.02 Å². The molecular weight excluding hydrogens is 296 g/mol. The zero-order valence-electron chi connectivity index (χ0n) is 11.4. The Morgan fingerprint density at radius 2 is 1.95 bits per heavy atom. The molecule has 1 aromatic rings. The molecule has 3 N–H and O–H groups in total. The van der Waals surface area contributed by atoms with Crippen LogP contribution in [0.25, 0.3) is 0 Å². The third-order valence-electron chi connectivity index (χ3n) is 2.36. The SMILES string of the molecule is CCCC(=O)Nc1ccc(Cl)c(NC(=O)C=CC(=O)O)c1. The first-order chi connectivity index (χ1) is 9.92. The quantitative estimate of drug-likeness (QED) is 0.704. The molecule has 0 aliphatic carbocycles. The number of carboxylic acid groups (broad SMARTS) is 1. The minimum atomic E-state index is -1.23. The van der Waals surface area contributed by atoms with E-state index >= 15 is 0 Å². The summed E-state index contributed by atoms with van der Waals surface area (Å²) in [6.07, 6.45) is 2.71. The molecule has 0 aromatic heterocycles. The maximum absolute atomic E-state index is 11.5. The zero-order chi connectivity index (χ0) is 15.8. The minimum absolute atomic E-state index is 0.136. The van der Waals surface area contributed by atoms with Crippen molar-refractivity contribution in [3.05, 3.63) is 35.4 Å². The summed E-state index contributed by atoms with van der Waals surface area (Å²) in [5, 5.41) is 13.8. The van der Waals surface area contributed by atoms with Crippen LogP contribution in [-0.2, 0) is 14.4 Å². The van der Waals surface area contributed by atoms with Crippen LogP contribution in [0.3, 0.4) is 0 Å². The van der Waals surface area contributed by atoms with Crippen molar-refractivity contribution < 1.29 is 19.5 Å². The van der Waals surface area contributed by atoms with E-state index in [4.69, 9.17) is 16.7 Å². The van der Waals surface area contributed by atoms with Crippen molar-refractivity contribution in [3.8, 4) is 0 Å². The van der Waals surface area contributed by atoms with Gasteiger partial charge in [-0.2, -0.15) is 0 Å². The van der Waals surface area contributed by atoms with Gasteiger partial charge in [-0.05, 0) is 24.6 Å². The van der Waals surface area contributed by atoms with Crippen LogP contribution in [0.15, 0.2) is 30.4 Å². The van der Waals surface area contributed by atoms with Gasteiger partial charge in [0.25, 0.3) is 0 Å². The summed E-state index contributed by atoms with van der Waals surface area (Å²) >= 11 is 5.93. The summed E-state index contributed by atoms with van der Waals surface area (Å²) in [7, 11) is 0. The second-order valence-corrected chi connectivity index (χ2v) is 4.56. The van der Waals surface area contributed by atoms with Crippen molar-refractivity contribution in [1.82, 2.24) is 0 Å². The highest BCUT2D eigenvalue weighted by molar-refractivity contribution is 6.34. The lowest BCUT2D eigenvalue weighted by molar-refractivity contribution is -0.131. The summed E-state index contributed by atoms with van der Waals surface area (Å²) in [4.78, 5) is 33.3. The highest BCUT2D eigenvalue weighted by atomic mass is 35.5. The summed E-state index contributed by atoms with van der Waals surface area (Å²) < 4.78 is 0. The van der Waals surface area contributed by atoms with Crippen molar-refractivity contribution >= 4 is 40.8 Å². The monoisotopic (exact) mass is 310 g/mol. The predicted octanol–water partition coefficient (Wildman–Crippen LogP) is 2.66. The number of halogens is 1. The molecule has 0 fully saturated rings. The molecule has 2 amide bonds. The average molecular weight is 311 g/mol. The number of rotatable bonds is 6. The van der Waals surface area contributed by atoms with Gasteiger partial charge >= 0.3 is 5.97 Å². The molecule has 0 spiro atoms. The number of nitrogens with one attached hydrogen (secondary N) is 2. The van der Waals surface area contributed by atoms with Crippen LogP contribution in [0.5, 0.6) is 0 Å². The molecule has 21 heavy (non-hydrogen) atoms. The second kappa shape index (κ2) is 8.06. The van der Waals surface area contributed by atoms with Gasteiger partial charge in [-0.1, -0.05) is 18.5 Å². The summed E-state index contributed by atoms with van der Waals surface area (Å²) in [6, 6.07) is 4.64. The Labute approximate surface area is 126 Å². The summed E-state index contributed by atoms with van der Waals surface area (Å²) in [5.74, 6) is -1.99. The molecule has 0 aliphatic heterocycles. The van der Waals surface area contributed by atoms with E-state index in [0.717, 1.165) is 18.6 Å². The lowest BCUT2D eigenvalue weighted by Crippen LogP contribution is -2.12. The molecular formula is C14H15ClN2O4. The Bertz CT molecular complexity index is 584. The van der Waals surface area contributed by atoms with E-state index in [1.54, 1.807) is 6.07 Å². The van der Waals surface area contributed by atoms with E-state index in [9.17, 15) is 14.4 Å². The van der Waals surface area contributed by atoms with Gasteiger partial charge in [-0.3, -0.25) is 9.59 Å². The maximum atomic E-state index is 11.5. The Morgan fingerprint density at radius 3 is 2.57 bits per heavy atom. The maximum Gasteiger partial charge on any atom is 0.328 e.